The summed E-state index contributed by atoms with van der Waals surface area (Å²) >= 11 is 12.0. The van der Waals surface area contributed by atoms with E-state index in [1.54, 1.807) is 28.0 Å². The second kappa shape index (κ2) is 10.2. The number of carbonyl (C=O) groups is 2. The maximum atomic E-state index is 13.2. The lowest BCUT2D eigenvalue weighted by Gasteiger charge is -2.40. The van der Waals surface area contributed by atoms with E-state index in [1.165, 1.54) is 0 Å². The molecule has 1 aliphatic rings. The summed E-state index contributed by atoms with van der Waals surface area (Å²) < 4.78 is 0. The number of halogens is 2. The van der Waals surface area contributed by atoms with Crippen LogP contribution in [0, 0.1) is 0 Å². The monoisotopic (exact) mass is 499 g/mol. The summed E-state index contributed by atoms with van der Waals surface area (Å²) in [5.41, 5.74) is 0.0567. The van der Waals surface area contributed by atoms with E-state index in [0.29, 0.717) is 53.8 Å². The second-order valence-electron chi connectivity index (χ2n) is 8.68. The molecule has 3 aromatic rings. The number of likely N-dealkylation sites (N-methyl/N-ethyl adjacent to an activating group) is 1. The number of amides is 3. The number of aliphatic hydroxyl groups is 1. The molecular formula is C26H27Cl2N3O3. The van der Waals surface area contributed by atoms with Crippen molar-refractivity contribution in [2.75, 3.05) is 31.5 Å². The van der Waals surface area contributed by atoms with Gasteiger partial charge in [0.15, 0.2) is 0 Å². The molecule has 0 atom stereocenters. The molecule has 0 aromatic heterocycles. The van der Waals surface area contributed by atoms with Gasteiger partial charge in [0, 0.05) is 47.5 Å². The van der Waals surface area contributed by atoms with Gasteiger partial charge in [-0.25, -0.2) is 4.79 Å². The van der Waals surface area contributed by atoms with Gasteiger partial charge in [0.25, 0.3) is 5.91 Å². The molecule has 1 fully saturated rings. The highest BCUT2D eigenvalue weighted by Crippen LogP contribution is 2.27. The number of anilines is 1. The Morgan fingerprint density at radius 3 is 2.29 bits per heavy atom. The van der Waals surface area contributed by atoms with Crippen molar-refractivity contribution < 1.29 is 14.7 Å². The average molecular weight is 500 g/mol. The molecule has 0 spiro atoms. The van der Waals surface area contributed by atoms with Gasteiger partial charge in [-0.1, -0.05) is 53.5 Å². The molecule has 0 bridgehead atoms. The Bertz CT molecular complexity index is 1190. The number of hydrogen-bond acceptors (Lipinski definition) is 3. The molecule has 8 heteroatoms. The summed E-state index contributed by atoms with van der Waals surface area (Å²) in [6.45, 7) is 3.35. The topological polar surface area (TPSA) is 72.9 Å². The van der Waals surface area contributed by atoms with E-state index in [9.17, 15) is 14.7 Å². The number of nitrogens with zero attached hydrogens (tertiary/aromatic N) is 2. The quantitative estimate of drug-likeness (QED) is 0.475. The maximum Gasteiger partial charge on any atom is 0.321 e. The number of likely N-dealkylation sites (tertiary alicyclic amines) is 1. The molecule has 1 saturated heterocycles. The van der Waals surface area contributed by atoms with Crippen LogP contribution < -0.4 is 5.32 Å². The molecule has 6 nitrogen and oxygen atoms in total. The molecule has 2 N–H and O–H groups in total. The third-order valence-corrected chi connectivity index (χ3v) is 6.68. The number of benzene rings is 3. The van der Waals surface area contributed by atoms with Crippen molar-refractivity contribution in [3.8, 4) is 0 Å². The highest BCUT2D eigenvalue weighted by atomic mass is 35.5. The summed E-state index contributed by atoms with van der Waals surface area (Å²) in [7, 11) is 0. The first-order chi connectivity index (χ1) is 16.3. The molecule has 4 rings (SSSR count). The number of carbonyl (C=O) groups excluding carboxylic acids is 2. The van der Waals surface area contributed by atoms with Crippen LogP contribution in [0.3, 0.4) is 0 Å². The SMILES string of the molecule is CCN(CC1(O)CCN(C(=O)Nc2cc(Cl)cc(Cl)c2)CC1)C(=O)c1ccc2ccccc2c1. The van der Waals surface area contributed by atoms with Crippen molar-refractivity contribution in [3.63, 3.8) is 0 Å². The van der Waals surface area contributed by atoms with E-state index in [4.69, 9.17) is 23.2 Å². The zero-order valence-electron chi connectivity index (χ0n) is 18.9. The smallest absolute Gasteiger partial charge is 0.321 e. The number of urea groups is 1. The van der Waals surface area contributed by atoms with Crippen LogP contribution >= 0.6 is 23.2 Å². The van der Waals surface area contributed by atoms with Gasteiger partial charge in [-0.05, 0) is 60.9 Å². The Morgan fingerprint density at radius 2 is 1.65 bits per heavy atom. The minimum absolute atomic E-state index is 0.111. The average Bonchev–Trinajstić information content (AvgIpc) is 2.81. The van der Waals surface area contributed by atoms with E-state index >= 15 is 0 Å². The van der Waals surface area contributed by atoms with Crippen LogP contribution in [0.1, 0.15) is 30.1 Å². The van der Waals surface area contributed by atoms with Crippen molar-refractivity contribution in [2.24, 2.45) is 0 Å². The molecule has 0 unspecified atom stereocenters. The van der Waals surface area contributed by atoms with Crippen molar-refractivity contribution in [2.45, 2.75) is 25.4 Å². The number of piperidine rings is 1. The van der Waals surface area contributed by atoms with E-state index in [1.807, 2.05) is 49.4 Å². The minimum Gasteiger partial charge on any atom is -0.388 e. The van der Waals surface area contributed by atoms with Crippen LogP contribution in [0.5, 0.6) is 0 Å². The predicted octanol–water partition coefficient (Wildman–Crippen LogP) is 5.67. The van der Waals surface area contributed by atoms with Gasteiger partial charge in [-0.15, -0.1) is 0 Å². The highest BCUT2D eigenvalue weighted by Gasteiger charge is 2.36. The first-order valence-electron chi connectivity index (χ1n) is 11.3. The Hall–Kier alpha value is -2.80. The fraction of sp³-hybridized carbons (Fsp3) is 0.308. The van der Waals surface area contributed by atoms with Crippen molar-refractivity contribution >= 4 is 51.6 Å². The van der Waals surface area contributed by atoms with Gasteiger partial charge in [-0.2, -0.15) is 0 Å². The molecule has 1 aliphatic heterocycles. The van der Waals surface area contributed by atoms with E-state index < -0.39 is 5.60 Å². The lowest BCUT2D eigenvalue weighted by atomic mass is 9.90. The Kier molecular flexibility index (Phi) is 7.31. The Balaban J connectivity index is 1.37. The fourth-order valence-corrected chi connectivity index (χ4v) is 4.83. The van der Waals surface area contributed by atoms with Gasteiger partial charge in [-0.3, -0.25) is 4.79 Å². The first-order valence-corrected chi connectivity index (χ1v) is 12.0. The standard InChI is InChI=1S/C26H27Cl2N3O3/c1-2-30(24(32)20-8-7-18-5-3-4-6-19(18)13-20)17-26(34)9-11-31(12-10-26)25(33)29-23-15-21(27)14-22(28)16-23/h3-8,13-16,34H,2,9-12,17H2,1H3,(H,29,33). The number of nitrogens with one attached hydrogen (secondary N) is 1. The second-order valence-corrected chi connectivity index (χ2v) is 9.55. The van der Waals surface area contributed by atoms with Crippen LogP contribution in [0.15, 0.2) is 60.7 Å². The molecule has 178 valence electrons. The van der Waals surface area contributed by atoms with E-state index in [-0.39, 0.29) is 18.5 Å². The zero-order valence-corrected chi connectivity index (χ0v) is 20.4. The van der Waals surface area contributed by atoms with Gasteiger partial charge >= 0.3 is 6.03 Å². The van der Waals surface area contributed by atoms with Gasteiger partial charge in [0.05, 0.1) is 5.60 Å². The van der Waals surface area contributed by atoms with Gasteiger partial charge < -0.3 is 20.2 Å². The number of rotatable bonds is 5. The van der Waals surface area contributed by atoms with E-state index in [0.717, 1.165) is 10.8 Å². The van der Waals surface area contributed by atoms with Crippen LogP contribution in [-0.2, 0) is 0 Å². The number of hydrogen-bond donors (Lipinski definition) is 2. The van der Waals surface area contributed by atoms with Crippen molar-refractivity contribution in [1.82, 2.24) is 9.80 Å². The Morgan fingerprint density at radius 1 is 1.00 bits per heavy atom. The zero-order chi connectivity index (χ0) is 24.3. The highest BCUT2D eigenvalue weighted by molar-refractivity contribution is 6.35. The molecule has 1 heterocycles. The summed E-state index contributed by atoms with van der Waals surface area (Å²) in [6.07, 6.45) is 0.746. The van der Waals surface area contributed by atoms with Crippen molar-refractivity contribution in [3.05, 3.63) is 76.3 Å². The van der Waals surface area contributed by atoms with Gasteiger partial charge in [0.1, 0.15) is 0 Å². The third kappa shape index (κ3) is 5.63. The van der Waals surface area contributed by atoms with Crippen LogP contribution in [0.2, 0.25) is 10.0 Å². The number of fused-ring (bicyclic) bond motifs is 1. The van der Waals surface area contributed by atoms with E-state index in [2.05, 4.69) is 5.32 Å². The van der Waals surface area contributed by atoms with Crippen LogP contribution in [0.4, 0.5) is 10.5 Å². The molecular weight excluding hydrogens is 473 g/mol. The molecule has 3 aromatic carbocycles. The molecule has 0 radical (unpaired) electrons. The summed E-state index contributed by atoms with van der Waals surface area (Å²) in [5, 5.41) is 17.0. The molecule has 34 heavy (non-hydrogen) atoms. The van der Waals surface area contributed by atoms with Gasteiger partial charge in [0.2, 0.25) is 0 Å². The fourth-order valence-electron chi connectivity index (χ4n) is 4.30. The lowest BCUT2D eigenvalue weighted by Crippen LogP contribution is -2.53. The van der Waals surface area contributed by atoms with Crippen LogP contribution in [0.25, 0.3) is 10.8 Å². The first kappa shape index (κ1) is 24.3. The predicted molar refractivity (Wildman–Crippen MR) is 137 cm³/mol. The minimum atomic E-state index is -1.06. The molecule has 3 amide bonds. The summed E-state index contributed by atoms with van der Waals surface area (Å²) in [5.74, 6) is -0.111. The van der Waals surface area contributed by atoms with Crippen LogP contribution in [-0.4, -0.2) is 58.6 Å². The van der Waals surface area contributed by atoms with Crippen molar-refractivity contribution in [1.29, 1.82) is 0 Å². The summed E-state index contributed by atoms with van der Waals surface area (Å²) in [4.78, 5) is 29.2. The molecule has 0 saturated carbocycles. The Labute approximate surface area is 209 Å². The summed E-state index contributed by atoms with van der Waals surface area (Å²) in [6, 6.07) is 18.1. The normalized spacial score (nSPS) is 15.2. The molecule has 0 aliphatic carbocycles. The lowest BCUT2D eigenvalue weighted by molar-refractivity contribution is -0.0323. The largest absolute Gasteiger partial charge is 0.388 e. The third-order valence-electron chi connectivity index (χ3n) is 6.25. The maximum absolute atomic E-state index is 13.2.